The number of halogens is 1. The Balaban J connectivity index is 1.96. The molecule has 27 heavy (non-hydrogen) atoms. The van der Waals surface area contributed by atoms with Crippen LogP contribution in [0.5, 0.6) is 11.5 Å². The molecule has 2 rings (SSSR count). The molecule has 1 N–H and O–H groups in total. The van der Waals surface area contributed by atoms with Gasteiger partial charge >= 0.3 is 0 Å². The summed E-state index contributed by atoms with van der Waals surface area (Å²) in [5, 5.41) is 3.42. The number of rotatable bonds is 8. The third-order valence-electron chi connectivity index (χ3n) is 4.53. The van der Waals surface area contributed by atoms with Crippen LogP contribution in [0, 0.1) is 0 Å². The lowest BCUT2D eigenvalue weighted by atomic mass is 10.0. The van der Waals surface area contributed by atoms with Crippen molar-refractivity contribution in [1.82, 2.24) is 10.2 Å². The monoisotopic (exact) mass is 396 g/mol. The smallest absolute Gasteiger partial charge is 0.244 e. The number of carbonyl (C=O) groups excluding carboxylic acids is 1. The molecule has 0 aromatic heterocycles. The Morgan fingerprint density at radius 3 is 2.70 bits per heavy atom. The molecule has 1 fully saturated rings. The molecule has 0 atom stereocenters. The van der Waals surface area contributed by atoms with E-state index in [0.717, 1.165) is 31.9 Å². The third-order valence-corrected chi connectivity index (χ3v) is 4.81. The number of carbonyl (C=O) groups is 1. The van der Waals surface area contributed by atoms with Crippen molar-refractivity contribution in [2.75, 3.05) is 46.6 Å². The molecule has 0 radical (unpaired) electrons. The van der Waals surface area contributed by atoms with E-state index in [4.69, 9.17) is 25.8 Å². The molecule has 0 unspecified atom stereocenters. The van der Waals surface area contributed by atoms with Crippen LogP contribution in [0.25, 0.3) is 6.08 Å². The molecule has 0 bridgehead atoms. The summed E-state index contributed by atoms with van der Waals surface area (Å²) in [7, 11) is 1.56. The molecular formula is C20H29ClN2O4. The summed E-state index contributed by atoms with van der Waals surface area (Å²) in [6.45, 7) is 10.4. The average Bonchev–Trinajstić information content (AvgIpc) is 2.67. The Bertz CT molecular complexity index is 670. The van der Waals surface area contributed by atoms with Gasteiger partial charge in [0.05, 0.1) is 32.0 Å². The molecule has 1 aromatic rings. The van der Waals surface area contributed by atoms with E-state index in [0.29, 0.717) is 29.7 Å². The molecule has 1 aliphatic heterocycles. The first-order valence-corrected chi connectivity index (χ1v) is 9.54. The highest BCUT2D eigenvalue weighted by Gasteiger charge is 2.28. The molecule has 150 valence electrons. The number of nitrogens with one attached hydrogen (secondary N) is 1. The highest BCUT2D eigenvalue weighted by Crippen LogP contribution is 2.36. The second-order valence-corrected chi connectivity index (χ2v) is 7.34. The first-order chi connectivity index (χ1) is 12.9. The lowest BCUT2D eigenvalue weighted by molar-refractivity contribution is -0.117. The van der Waals surface area contributed by atoms with Gasteiger partial charge < -0.3 is 19.5 Å². The van der Waals surface area contributed by atoms with Crippen LogP contribution < -0.4 is 14.8 Å². The van der Waals surface area contributed by atoms with E-state index < -0.39 is 0 Å². The summed E-state index contributed by atoms with van der Waals surface area (Å²) in [6, 6.07) is 3.54. The van der Waals surface area contributed by atoms with Crippen LogP contribution >= 0.6 is 11.6 Å². The quantitative estimate of drug-likeness (QED) is 0.684. The Kier molecular flexibility index (Phi) is 7.95. The van der Waals surface area contributed by atoms with Gasteiger partial charge in [0.25, 0.3) is 0 Å². The Hall–Kier alpha value is -1.76. The van der Waals surface area contributed by atoms with Gasteiger partial charge in [0.1, 0.15) is 0 Å². The average molecular weight is 397 g/mol. The van der Waals surface area contributed by atoms with Crippen molar-refractivity contribution in [3.05, 3.63) is 28.8 Å². The number of hydrogen-bond donors (Lipinski definition) is 1. The van der Waals surface area contributed by atoms with E-state index in [1.54, 1.807) is 25.3 Å². The number of methoxy groups -OCH3 is 1. The van der Waals surface area contributed by atoms with Gasteiger partial charge in [-0.1, -0.05) is 11.6 Å². The van der Waals surface area contributed by atoms with Crippen molar-refractivity contribution < 1.29 is 19.0 Å². The van der Waals surface area contributed by atoms with E-state index in [2.05, 4.69) is 24.1 Å². The van der Waals surface area contributed by atoms with Crippen molar-refractivity contribution >= 4 is 23.6 Å². The zero-order chi connectivity index (χ0) is 19.9. The zero-order valence-electron chi connectivity index (χ0n) is 16.5. The van der Waals surface area contributed by atoms with Crippen LogP contribution in [0.3, 0.4) is 0 Å². The zero-order valence-corrected chi connectivity index (χ0v) is 17.3. The van der Waals surface area contributed by atoms with Gasteiger partial charge in [0.15, 0.2) is 11.5 Å². The van der Waals surface area contributed by atoms with Crippen LogP contribution in [0.4, 0.5) is 0 Å². The van der Waals surface area contributed by atoms with Gasteiger partial charge in [-0.15, -0.1) is 0 Å². The normalized spacial score (nSPS) is 15.7. The molecule has 1 aromatic carbocycles. The summed E-state index contributed by atoms with van der Waals surface area (Å²) in [5.74, 6) is 0.897. The SMILES string of the molecule is CCOc1c(Cl)cc(/C=C/C(=O)NCC(C)(C)N2CCOCC2)cc1OC. The molecule has 1 heterocycles. The second kappa shape index (κ2) is 9.97. The standard InChI is InChI=1S/C20H29ClN2O4/c1-5-27-19-16(21)12-15(13-17(19)25-4)6-7-18(24)22-14-20(2,3)23-8-10-26-11-9-23/h6-7,12-13H,5,8-11,14H2,1-4H3,(H,22,24)/b7-6+. The molecule has 0 saturated carbocycles. The first kappa shape index (κ1) is 21.5. The molecule has 0 aliphatic carbocycles. The van der Waals surface area contributed by atoms with Crippen molar-refractivity contribution in [2.24, 2.45) is 0 Å². The summed E-state index contributed by atoms with van der Waals surface area (Å²) < 4.78 is 16.2. The number of benzene rings is 1. The molecule has 1 amide bonds. The van der Waals surface area contributed by atoms with Crippen LogP contribution in [0.15, 0.2) is 18.2 Å². The molecule has 7 heteroatoms. The molecule has 6 nitrogen and oxygen atoms in total. The highest BCUT2D eigenvalue weighted by molar-refractivity contribution is 6.32. The van der Waals surface area contributed by atoms with Crippen molar-refractivity contribution in [2.45, 2.75) is 26.3 Å². The van der Waals surface area contributed by atoms with Crippen molar-refractivity contribution in [1.29, 1.82) is 0 Å². The maximum absolute atomic E-state index is 12.2. The van der Waals surface area contributed by atoms with E-state index in [9.17, 15) is 4.79 Å². The Morgan fingerprint density at radius 2 is 2.07 bits per heavy atom. The molecular weight excluding hydrogens is 368 g/mol. The van der Waals surface area contributed by atoms with Crippen molar-refractivity contribution in [3.63, 3.8) is 0 Å². The lowest BCUT2D eigenvalue weighted by Gasteiger charge is -2.40. The van der Waals surface area contributed by atoms with Crippen LogP contribution in [0.1, 0.15) is 26.3 Å². The molecule has 1 saturated heterocycles. The summed E-state index contributed by atoms with van der Waals surface area (Å²) in [5.41, 5.74) is 0.641. The lowest BCUT2D eigenvalue weighted by Crippen LogP contribution is -2.55. The van der Waals surface area contributed by atoms with Crippen molar-refractivity contribution in [3.8, 4) is 11.5 Å². The summed E-state index contributed by atoms with van der Waals surface area (Å²) in [6.07, 6.45) is 3.21. The maximum Gasteiger partial charge on any atom is 0.244 e. The minimum absolute atomic E-state index is 0.126. The third kappa shape index (κ3) is 6.13. The summed E-state index contributed by atoms with van der Waals surface area (Å²) in [4.78, 5) is 14.6. The van der Waals surface area contributed by atoms with Gasteiger partial charge in [-0.25, -0.2) is 0 Å². The number of hydrogen-bond acceptors (Lipinski definition) is 5. The topological polar surface area (TPSA) is 60.0 Å². The highest BCUT2D eigenvalue weighted by atomic mass is 35.5. The van der Waals surface area contributed by atoms with Gasteiger partial charge in [0.2, 0.25) is 5.91 Å². The number of ether oxygens (including phenoxy) is 3. The van der Waals surface area contributed by atoms with Gasteiger partial charge in [-0.05, 0) is 44.5 Å². The van der Waals surface area contributed by atoms with E-state index in [1.807, 2.05) is 6.92 Å². The fourth-order valence-electron chi connectivity index (χ4n) is 2.94. The van der Waals surface area contributed by atoms with E-state index in [-0.39, 0.29) is 11.4 Å². The minimum atomic E-state index is -0.152. The van der Waals surface area contributed by atoms with Crippen LogP contribution in [-0.2, 0) is 9.53 Å². The number of nitrogens with zero attached hydrogens (tertiary/aromatic N) is 1. The predicted octanol–water partition coefficient (Wildman–Crippen LogP) is 2.99. The maximum atomic E-state index is 12.2. The second-order valence-electron chi connectivity index (χ2n) is 6.93. The number of amides is 1. The Labute approximate surface area is 166 Å². The molecule has 0 spiro atoms. The Morgan fingerprint density at radius 1 is 1.37 bits per heavy atom. The van der Waals surface area contributed by atoms with Crippen LogP contribution in [0.2, 0.25) is 5.02 Å². The summed E-state index contributed by atoms with van der Waals surface area (Å²) >= 11 is 6.26. The largest absolute Gasteiger partial charge is 0.493 e. The van der Waals surface area contributed by atoms with Gasteiger partial charge in [-0.2, -0.15) is 0 Å². The minimum Gasteiger partial charge on any atom is -0.493 e. The molecule has 1 aliphatic rings. The first-order valence-electron chi connectivity index (χ1n) is 9.16. The van der Waals surface area contributed by atoms with E-state index >= 15 is 0 Å². The predicted molar refractivity (Wildman–Crippen MR) is 108 cm³/mol. The van der Waals surface area contributed by atoms with Gasteiger partial charge in [0, 0.05) is 31.2 Å². The fraction of sp³-hybridized carbons (Fsp3) is 0.550. The number of morpholine rings is 1. The van der Waals surface area contributed by atoms with Crippen LogP contribution in [-0.4, -0.2) is 62.9 Å². The van der Waals surface area contributed by atoms with E-state index in [1.165, 1.54) is 6.08 Å². The van der Waals surface area contributed by atoms with Gasteiger partial charge in [-0.3, -0.25) is 9.69 Å². The fourth-order valence-corrected chi connectivity index (χ4v) is 3.21.